The van der Waals surface area contributed by atoms with Crippen molar-refractivity contribution < 1.29 is 23.0 Å². The number of likely N-dealkylation sites (tertiary alicyclic amines) is 1. The Hall–Kier alpha value is -2.01. The molecular weight excluding hydrogens is 591 g/mol. The van der Waals surface area contributed by atoms with Gasteiger partial charge in [-0.1, -0.05) is 13.3 Å². The Kier molecular flexibility index (Phi) is 10.9. The number of nitrogens with one attached hydrogen (secondary N) is 1. The molecule has 0 atom stereocenters. The Bertz CT molecular complexity index is 1030. The minimum absolute atomic E-state index is 0.127. The van der Waals surface area contributed by atoms with Crippen LogP contribution in [-0.2, 0) is 4.74 Å². The van der Waals surface area contributed by atoms with Crippen molar-refractivity contribution in [2.24, 2.45) is 5.92 Å². The van der Waals surface area contributed by atoms with Gasteiger partial charge in [0, 0.05) is 24.3 Å². The largest absolute Gasteiger partial charge is 0.487 e. The van der Waals surface area contributed by atoms with Gasteiger partial charge in [-0.15, -0.1) is 0 Å². The van der Waals surface area contributed by atoms with E-state index in [1.54, 1.807) is 17.0 Å². The molecule has 0 unspecified atom stereocenters. The van der Waals surface area contributed by atoms with Crippen LogP contribution in [0.5, 0.6) is 5.75 Å². The molecule has 0 radical (unpaired) electrons. The van der Waals surface area contributed by atoms with Crippen LogP contribution in [0, 0.1) is 28.2 Å². The highest BCUT2D eigenvalue weighted by Crippen LogP contribution is 2.39. The second-order valence-electron chi connectivity index (χ2n) is 10.1. The monoisotopic (exact) mass is 629 g/mol. The normalized spacial score (nSPS) is 16.6. The van der Waals surface area contributed by atoms with Crippen LogP contribution in [0.2, 0.25) is 0 Å². The lowest BCUT2D eigenvalue weighted by Gasteiger charge is -2.32. The van der Waals surface area contributed by atoms with Crippen molar-refractivity contribution in [2.45, 2.75) is 64.9 Å². The van der Waals surface area contributed by atoms with Gasteiger partial charge < -0.3 is 19.7 Å². The standard InChI is InChI=1S/C23H25F2IN2O3.C5H13N/c1-14-17(3-4-20(26)27-14)16-11-18(24)21(19(25)12-16)30-13-15-5-9-28(10-6-15)22(29)31-23(2)7-8-23;1-3-4-5-6-2/h3-4,11-12,15H,5-10,13H2,1-2H3;6H,3-5H2,1-2H3. The first-order valence-corrected chi connectivity index (χ1v) is 14.1. The maximum Gasteiger partial charge on any atom is 0.410 e. The number of nitrogens with zero attached hydrogens (tertiary/aromatic N) is 2. The Morgan fingerprint density at radius 2 is 1.86 bits per heavy atom. The van der Waals surface area contributed by atoms with E-state index in [9.17, 15) is 13.6 Å². The quantitative estimate of drug-likeness (QED) is 0.200. The first-order valence-electron chi connectivity index (χ1n) is 13.0. The van der Waals surface area contributed by atoms with Crippen LogP contribution >= 0.6 is 22.6 Å². The fourth-order valence-electron chi connectivity index (χ4n) is 4.08. The molecule has 2 heterocycles. The first kappa shape index (κ1) is 29.5. The maximum atomic E-state index is 14.6. The van der Waals surface area contributed by atoms with E-state index in [0.29, 0.717) is 42.8 Å². The van der Waals surface area contributed by atoms with Crippen LogP contribution < -0.4 is 10.1 Å². The molecular formula is C28H38F2IN3O3. The lowest BCUT2D eigenvalue weighted by molar-refractivity contribution is 0.0453. The molecule has 2 aliphatic rings. The number of ether oxygens (including phenoxy) is 2. The molecule has 1 aliphatic heterocycles. The number of piperidine rings is 1. The van der Waals surface area contributed by atoms with Crippen molar-refractivity contribution in [1.29, 1.82) is 0 Å². The SMILES string of the molecule is CCCCNC.Cc1nc(I)ccc1-c1cc(F)c(OCC2CCN(C(=O)OC3(C)CC3)CC2)c(F)c1. The van der Waals surface area contributed by atoms with Gasteiger partial charge in [0.1, 0.15) is 9.30 Å². The zero-order valence-electron chi connectivity index (χ0n) is 22.2. The Labute approximate surface area is 232 Å². The van der Waals surface area contributed by atoms with Crippen molar-refractivity contribution in [1.82, 2.24) is 15.2 Å². The zero-order chi connectivity index (χ0) is 27.0. The molecule has 2 aromatic rings. The zero-order valence-corrected chi connectivity index (χ0v) is 24.4. The summed E-state index contributed by atoms with van der Waals surface area (Å²) in [6, 6.07) is 6.18. The molecule has 0 spiro atoms. The summed E-state index contributed by atoms with van der Waals surface area (Å²) in [5.74, 6) is -1.69. The summed E-state index contributed by atoms with van der Waals surface area (Å²) in [6.07, 6.45) is 5.57. The highest BCUT2D eigenvalue weighted by molar-refractivity contribution is 14.1. The molecule has 204 valence electrons. The van der Waals surface area contributed by atoms with E-state index in [4.69, 9.17) is 9.47 Å². The van der Waals surface area contributed by atoms with E-state index < -0.39 is 11.6 Å². The number of amides is 1. The lowest BCUT2D eigenvalue weighted by atomic mass is 9.98. The summed E-state index contributed by atoms with van der Waals surface area (Å²) in [7, 11) is 1.98. The van der Waals surface area contributed by atoms with Gasteiger partial charge in [0.2, 0.25) is 0 Å². The minimum atomic E-state index is -0.730. The second-order valence-corrected chi connectivity index (χ2v) is 11.2. The number of unbranched alkanes of at least 4 members (excludes halogenated alkanes) is 1. The van der Waals surface area contributed by atoms with Gasteiger partial charge in [0.15, 0.2) is 17.4 Å². The highest BCUT2D eigenvalue weighted by atomic mass is 127. The molecule has 1 saturated carbocycles. The summed E-state index contributed by atoms with van der Waals surface area (Å²) < 4.78 is 41.1. The number of hydrogen-bond acceptors (Lipinski definition) is 5. The van der Waals surface area contributed by atoms with Crippen molar-refractivity contribution in [3.8, 4) is 16.9 Å². The predicted molar refractivity (Wildman–Crippen MR) is 150 cm³/mol. The smallest absolute Gasteiger partial charge is 0.410 e. The number of pyridine rings is 1. The molecule has 4 rings (SSSR count). The average molecular weight is 630 g/mol. The van der Waals surface area contributed by atoms with E-state index in [1.807, 2.05) is 20.9 Å². The van der Waals surface area contributed by atoms with Crippen molar-refractivity contribution >= 4 is 28.7 Å². The maximum absolute atomic E-state index is 14.6. The summed E-state index contributed by atoms with van der Waals surface area (Å²) in [5.41, 5.74) is 1.54. The van der Waals surface area contributed by atoms with Crippen LogP contribution in [0.25, 0.3) is 11.1 Å². The number of aromatic nitrogens is 1. The van der Waals surface area contributed by atoms with Crippen LogP contribution in [0.3, 0.4) is 0 Å². The number of benzene rings is 1. The molecule has 1 amide bonds. The fourth-order valence-corrected chi connectivity index (χ4v) is 4.62. The van der Waals surface area contributed by atoms with Crippen LogP contribution in [0.15, 0.2) is 24.3 Å². The average Bonchev–Trinajstić information content (AvgIpc) is 3.59. The van der Waals surface area contributed by atoms with E-state index in [0.717, 1.165) is 23.1 Å². The van der Waals surface area contributed by atoms with Crippen molar-refractivity contribution in [3.63, 3.8) is 0 Å². The molecule has 9 heteroatoms. The fraction of sp³-hybridized carbons (Fsp3) is 0.571. The van der Waals surface area contributed by atoms with Gasteiger partial charge in [-0.3, -0.25) is 0 Å². The third-order valence-corrected chi connectivity index (χ3v) is 7.37. The molecule has 37 heavy (non-hydrogen) atoms. The number of carbonyl (C=O) groups excluding carboxylic acids is 1. The van der Waals surface area contributed by atoms with Gasteiger partial charge in [0.25, 0.3) is 0 Å². The third-order valence-electron chi connectivity index (χ3n) is 6.77. The van der Waals surface area contributed by atoms with Gasteiger partial charge in [-0.05, 0) is 118 Å². The second kappa shape index (κ2) is 13.7. The number of carbonyl (C=O) groups is 1. The van der Waals surface area contributed by atoms with Crippen molar-refractivity contribution in [2.75, 3.05) is 33.3 Å². The highest BCUT2D eigenvalue weighted by Gasteiger charge is 2.43. The van der Waals surface area contributed by atoms with Gasteiger partial charge >= 0.3 is 6.09 Å². The number of rotatable bonds is 8. The first-order chi connectivity index (χ1) is 17.7. The Morgan fingerprint density at radius 1 is 1.22 bits per heavy atom. The molecule has 1 N–H and O–H groups in total. The molecule has 0 bridgehead atoms. The topological polar surface area (TPSA) is 63.7 Å². The van der Waals surface area contributed by atoms with Gasteiger partial charge in [-0.2, -0.15) is 0 Å². The summed E-state index contributed by atoms with van der Waals surface area (Å²) in [6.45, 7) is 8.44. The van der Waals surface area contributed by atoms with E-state index in [2.05, 4.69) is 39.8 Å². The third kappa shape index (κ3) is 8.77. The van der Waals surface area contributed by atoms with Gasteiger partial charge in [0.05, 0.1) is 6.61 Å². The van der Waals surface area contributed by atoms with Crippen LogP contribution in [-0.4, -0.2) is 54.9 Å². The number of aryl methyl sites for hydroxylation is 1. The van der Waals surface area contributed by atoms with Crippen molar-refractivity contribution in [3.05, 3.63) is 45.3 Å². The summed E-state index contributed by atoms with van der Waals surface area (Å²) in [5, 5.41) is 3.07. The predicted octanol–water partition coefficient (Wildman–Crippen LogP) is 6.73. The lowest BCUT2D eigenvalue weighted by Crippen LogP contribution is -2.41. The Balaban J connectivity index is 0.000000568. The molecule has 2 fully saturated rings. The summed E-state index contributed by atoms with van der Waals surface area (Å²) in [4.78, 5) is 18.2. The number of hydrogen-bond donors (Lipinski definition) is 1. The molecule has 6 nitrogen and oxygen atoms in total. The minimum Gasteiger partial charge on any atom is -0.487 e. The molecule has 1 aromatic carbocycles. The Morgan fingerprint density at radius 3 is 2.38 bits per heavy atom. The van der Waals surface area contributed by atoms with E-state index >= 15 is 0 Å². The van der Waals surface area contributed by atoms with Gasteiger partial charge in [-0.25, -0.2) is 18.6 Å². The molecule has 1 aromatic heterocycles. The van der Waals surface area contributed by atoms with E-state index in [1.165, 1.54) is 25.0 Å². The molecule has 1 aliphatic carbocycles. The van der Waals surface area contributed by atoms with E-state index in [-0.39, 0.29) is 30.0 Å². The van der Waals surface area contributed by atoms with Crippen LogP contribution in [0.1, 0.15) is 58.1 Å². The molecule has 1 saturated heterocycles. The summed E-state index contributed by atoms with van der Waals surface area (Å²) >= 11 is 2.10. The van der Waals surface area contributed by atoms with Crippen LogP contribution in [0.4, 0.5) is 13.6 Å². The number of halogens is 3.